The second kappa shape index (κ2) is 6.65. The molecule has 1 aromatic carbocycles. The van der Waals surface area contributed by atoms with E-state index in [4.69, 9.17) is 16.3 Å². The first-order valence-electron chi connectivity index (χ1n) is 7.78. The number of carbonyl (C=O) groups excluding carboxylic acids is 1. The predicted octanol–water partition coefficient (Wildman–Crippen LogP) is 2.24. The van der Waals surface area contributed by atoms with E-state index in [0.29, 0.717) is 10.7 Å². The molecule has 3 rings (SSSR count). The number of nitrogens with zero attached hydrogens (tertiary/aromatic N) is 2. The van der Waals surface area contributed by atoms with Crippen LogP contribution >= 0.6 is 11.6 Å². The SMILES string of the molecule is Cc1ccc(Cl)cc1-n1nc(O[C@@H](C)C(=O)NC2CC2)ccc1=O. The molecule has 1 saturated carbocycles. The van der Waals surface area contributed by atoms with E-state index in [0.717, 1.165) is 18.4 Å². The Labute approximate surface area is 144 Å². The van der Waals surface area contributed by atoms with Crippen LogP contribution in [0, 0.1) is 6.92 Å². The Bertz CT molecular complexity index is 830. The molecule has 1 fully saturated rings. The van der Waals surface area contributed by atoms with Crippen molar-refractivity contribution in [2.24, 2.45) is 0 Å². The quantitative estimate of drug-likeness (QED) is 0.900. The first-order chi connectivity index (χ1) is 11.4. The van der Waals surface area contributed by atoms with Gasteiger partial charge in [0.05, 0.1) is 5.69 Å². The predicted molar refractivity (Wildman–Crippen MR) is 90.8 cm³/mol. The second-order valence-corrected chi connectivity index (χ2v) is 6.33. The molecule has 0 bridgehead atoms. The molecule has 126 valence electrons. The minimum Gasteiger partial charge on any atom is -0.464 e. The highest BCUT2D eigenvalue weighted by molar-refractivity contribution is 6.30. The lowest BCUT2D eigenvalue weighted by molar-refractivity contribution is -0.127. The molecular weight excluding hydrogens is 330 g/mol. The highest BCUT2D eigenvalue weighted by Gasteiger charge is 2.26. The van der Waals surface area contributed by atoms with Crippen molar-refractivity contribution in [1.82, 2.24) is 15.1 Å². The zero-order chi connectivity index (χ0) is 17.3. The van der Waals surface area contributed by atoms with Crippen LogP contribution in [0.25, 0.3) is 5.69 Å². The minimum absolute atomic E-state index is 0.184. The van der Waals surface area contributed by atoms with Crippen LogP contribution in [0.15, 0.2) is 35.1 Å². The molecule has 0 aliphatic heterocycles. The van der Waals surface area contributed by atoms with Gasteiger partial charge >= 0.3 is 0 Å². The van der Waals surface area contributed by atoms with E-state index in [9.17, 15) is 9.59 Å². The Kier molecular flexibility index (Phi) is 4.57. The summed E-state index contributed by atoms with van der Waals surface area (Å²) >= 11 is 6.01. The van der Waals surface area contributed by atoms with Gasteiger partial charge in [0.1, 0.15) is 0 Å². The van der Waals surface area contributed by atoms with Gasteiger partial charge in [0.2, 0.25) is 5.88 Å². The molecule has 0 saturated heterocycles. The maximum Gasteiger partial charge on any atom is 0.271 e. The van der Waals surface area contributed by atoms with Gasteiger partial charge in [0.15, 0.2) is 6.10 Å². The van der Waals surface area contributed by atoms with Crippen molar-refractivity contribution < 1.29 is 9.53 Å². The summed E-state index contributed by atoms with van der Waals surface area (Å²) in [6.45, 7) is 3.51. The van der Waals surface area contributed by atoms with Gasteiger partial charge in [0.25, 0.3) is 11.5 Å². The molecule has 1 heterocycles. The van der Waals surface area contributed by atoms with Crippen LogP contribution in [0.5, 0.6) is 5.88 Å². The van der Waals surface area contributed by atoms with Gasteiger partial charge in [0, 0.05) is 23.2 Å². The van der Waals surface area contributed by atoms with E-state index < -0.39 is 6.10 Å². The summed E-state index contributed by atoms with van der Waals surface area (Å²) in [5.74, 6) is 0.0170. The molecule has 1 atom stereocenters. The fraction of sp³-hybridized carbons (Fsp3) is 0.353. The number of hydrogen-bond donors (Lipinski definition) is 1. The second-order valence-electron chi connectivity index (χ2n) is 5.90. The summed E-state index contributed by atoms with van der Waals surface area (Å²) in [6.07, 6.45) is 1.33. The van der Waals surface area contributed by atoms with Crippen molar-refractivity contribution in [3.8, 4) is 11.6 Å². The zero-order valence-corrected chi connectivity index (χ0v) is 14.2. The van der Waals surface area contributed by atoms with E-state index >= 15 is 0 Å². The Morgan fingerprint density at radius 2 is 2.12 bits per heavy atom. The minimum atomic E-state index is -0.690. The summed E-state index contributed by atoms with van der Waals surface area (Å²) in [5, 5.41) is 7.58. The monoisotopic (exact) mass is 347 g/mol. The highest BCUT2D eigenvalue weighted by atomic mass is 35.5. The molecule has 1 aromatic heterocycles. The van der Waals surface area contributed by atoms with Crippen molar-refractivity contribution >= 4 is 17.5 Å². The van der Waals surface area contributed by atoms with E-state index in [2.05, 4.69) is 10.4 Å². The van der Waals surface area contributed by atoms with Crippen LogP contribution in [0.2, 0.25) is 5.02 Å². The number of hydrogen-bond acceptors (Lipinski definition) is 4. The number of aromatic nitrogens is 2. The average molecular weight is 348 g/mol. The Hall–Kier alpha value is -2.34. The molecule has 1 aliphatic rings. The smallest absolute Gasteiger partial charge is 0.271 e. The van der Waals surface area contributed by atoms with Gasteiger partial charge in [-0.25, -0.2) is 0 Å². The number of carbonyl (C=O) groups is 1. The van der Waals surface area contributed by atoms with Gasteiger partial charge in [-0.2, -0.15) is 4.68 Å². The fourth-order valence-electron chi connectivity index (χ4n) is 2.22. The lowest BCUT2D eigenvalue weighted by Crippen LogP contribution is -2.38. The third-order valence-electron chi connectivity index (χ3n) is 3.77. The van der Waals surface area contributed by atoms with Crippen molar-refractivity contribution in [2.75, 3.05) is 0 Å². The molecule has 24 heavy (non-hydrogen) atoms. The number of rotatable bonds is 5. The topological polar surface area (TPSA) is 73.2 Å². The molecular formula is C17H18ClN3O3. The molecule has 0 unspecified atom stereocenters. The number of benzene rings is 1. The Morgan fingerprint density at radius 3 is 2.83 bits per heavy atom. The summed E-state index contributed by atoms with van der Waals surface area (Å²) in [4.78, 5) is 24.1. The number of halogens is 1. The molecule has 0 spiro atoms. The number of ether oxygens (including phenoxy) is 1. The maximum absolute atomic E-state index is 12.1. The fourth-order valence-corrected chi connectivity index (χ4v) is 2.39. The van der Waals surface area contributed by atoms with E-state index in [1.54, 1.807) is 19.1 Å². The normalized spacial score (nSPS) is 15.0. The van der Waals surface area contributed by atoms with E-state index in [-0.39, 0.29) is 23.4 Å². The molecule has 6 nitrogen and oxygen atoms in total. The number of aryl methyl sites for hydroxylation is 1. The molecule has 1 amide bonds. The summed E-state index contributed by atoms with van der Waals surface area (Å²) in [5.41, 5.74) is 1.13. The third-order valence-corrected chi connectivity index (χ3v) is 4.00. The van der Waals surface area contributed by atoms with Crippen LogP contribution in [0.4, 0.5) is 0 Å². The van der Waals surface area contributed by atoms with Gasteiger partial charge in [-0.15, -0.1) is 5.10 Å². The molecule has 0 radical (unpaired) electrons. The van der Waals surface area contributed by atoms with Crippen LogP contribution in [0.1, 0.15) is 25.3 Å². The lowest BCUT2D eigenvalue weighted by atomic mass is 10.2. The zero-order valence-electron chi connectivity index (χ0n) is 13.5. The van der Waals surface area contributed by atoms with Crippen LogP contribution in [0.3, 0.4) is 0 Å². The lowest BCUT2D eigenvalue weighted by Gasteiger charge is -2.15. The average Bonchev–Trinajstić information content (AvgIpc) is 3.35. The highest BCUT2D eigenvalue weighted by Crippen LogP contribution is 2.20. The van der Waals surface area contributed by atoms with Crippen LogP contribution in [-0.2, 0) is 4.79 Å². The van der Waals surface area contributed by atoms with Gasteiger partial charge in [-0.1, -0.05) is 17.7 Å². The molecule has 1 aliphatic carbocycles. The van der Waals surface area contributed by atoms with Crippen molar-refractivity contribution in [1.29, 1.82) is 0 Å². The number of amides is 1. The molecule has 1 N–H and O–H groups in total. The largest absolute Gasteiger partial charge is 0.464 e. The maximum atomic E-state index is 12.1. The Balaban J connectivity index is 1.84. The third kappa shape index (κ3) is 3.76. The first-order valence-corrected chi connectivity index (χ1v) is 8.16. The Morgan fingerprint density at radius 1 is 1.38 bits per heavy atom. The van der Waals surface area contributed by atoms with Crippen molar-refractivity contribution in [3.05, 3.63) is 51.3 Å². The molecule has 2 aromatic rings. The van der Waals surface area contributed by atoms with E-state index in [1.165, 1.54) is 16.8 Å². The molecule has 7 heteroatoms. The first kappa shape index (κ1) is 16.5. The van der Waals surface area contributed by atoms with Crippen molar-refractivity contribution in [3.63, 3.8) is 0 Å². The van der Waals surface area contributed by atoms with Crippen LogP contribution < -0.4 is 15.6 Å². The van der Waals surface area contributed by atoms with E-state index in [1.807, 2.05) is 13.0 Å². The summed E-state index contributed by atoms with van der Waals surface area (Å²) in [6, 6.07) is 8.30. The van der Waals surface area contributed by atoms with Gasteiger partial charge in [-0.05, 0) is 44.4 Å². The van der Waals surface area contributed by atoms with Gasteiger partial charge in [-0.3, -0.25) is 9.59 Å². The van der Waals surface area contributed by atoms with Crippen LogP contribution in [-0.4, -0.2) is 27.8 Å². The number of nitrogens with one attached hydrogen (secondary N) is 1. The summed E-state index contributed by atoms with van der Waals surface area (Å²) in [7, 11) is 0. The standard InChI is InChI=1S/C17H18ClN3O3/c1-10-3-4-12(18)9-14(10)21-16(22)8-7-15(20-21)24-11(2)17(23)19-13-5-6-13/h3-4,7-9,11,13H,5-6H2,1-2H3,(H,19,23)/t11-/m0/s1. The summed E-state index contributed by atoms with van der Waals surface area (Å²) < 4.78 is 6.80. The van der Waals surface area contributed by atoms with Crippen molar-refractivity contribution in [2.45, 2.75) is 38.8 Å². The van der Waals surface area contributed by atoms with Gasteiger partial charge < -0.3 is 10.1 Å².